The van der Waals surface area contributed by atoms with Gasteiger partial charge in [0.15, 0.2) is 0 Å². The van der Waals surface area contributed by atoms with Gasteiger partial charge in [-0.05, 0) is 55.4 Å². The topological polar surface area (TPSA) is 127 Å². The van der Waals surface area contributed by atoms with Crippen LogP contribution in [0.2, 0.25) is 0 Å². The van der Waals surface area contributed by atoms with Crippen LogP contribution in [0.5, 0.6) is 5.75 Å². The summed E-state index contributed by atoms with van der Waals surface area (Å²) in [6, 6.07) is 16.2. The fourth-order valence-corrected chi connectivity index (χ4v) is 5.06. The number of alkyl halides is 3. The van der Waals surface area contributed by atoms with Gasteiger partial charge in [0.05, 0.1) is 10.4 Å². The number of nitrogens with zero attached hydrogens (tertiary/aromatic N) is 4. The fraction of sp³-hybridized carbons (Fsp3) is 0.345. The predicted molar refractivity (Wildman–Crippen MR) is 152 cm³/mol. The molecule has 0 aliphatic heterocycles. The first-order valence-electron chi connectivity index (χ1n) is 13.6. The van der Waals surface area contributed by atoms with E-state index in [2.05, 4.69) is 47.8 Å². The Bertz CT molecular complexity index is 1530. The maximum absolute atomic E-state index is 12.7. The summed E-state index contributed by atoms with van der Waals surface area (Å²) in [4.78, 5) is 23.7. The van der Waals surface area contributed by atoms with E-state index in [0.717, 1.165) is 54.9 Å². The Hall–Kier alpha value is -4.52. The van der Waals surface area contributed by atoms with Crippen LogP contribution in [0.3, 0.4) is 0 Å². The lowest BCUT2D eigenvalue weighted by Gasteiger charge is -2.29. The lowest BCUT2D eigenvalue weighted by Crippen LogP contribution is -2.34. The second kappa shape index (κ2) is 13.0. The maximum atomic E-state index is 12.7. The SMILES string of the molecule is O=[N+]([O-])c1cnc(NCc2ccccc2OC(F)(F)F)nc1NC[C@H]1CC[C@H](NCc2cnc3ccccc3c2)CC1. The minimum atomic E-state index is -4.83. The zero-order chi connectivity index (χ0) is 29.5. The van der Waals surface area contributed by atoms with E-state index in [4.69, 9.17) is 0 Å². The van der Waals surface area contributed by atoms with Crippen LogP contribution in [0.25, 0.3) is 10.9 Å². The predicted octanol–water partition coefficient (Wildman–Crippen LogP) is 6.20. The molecular weight excluding hydrogens is 551 g/mol. The Morgan fingerprint density at radius 1 is 0.952 bits per heavy atom. The number of benzene rings is 2. The van der Waals surface area contributed by atoms with E-state index < -0.39 is 11.3 Å². The van der Waals surface area contributed by atoms with E-state index in [1.807, 2.05) is 24.4 Å². The molecule has 4 aromatic rings. The first-order valence-corrected chi connectivity index (χ1v) is 13.6. The first kappa shape index (κ1) is 29.0. The Morgan fingerprint density at radius 3 is 2.50 bits per heavy atom. The molecule has 2 heterocycles. The molecule has 0 atom stereocenters. The third-order valence-electron chi connectivity index (χ3n) is 7.25. The molecule has 0 unspecified atom stereocenters. The standard InChI is InChI=1S/C29H30F3N7O3/c30-29(31,32)42-26-8-4-2-6-22(26)17-36-28-37-18-25(39(40)41)27(38-28)35-14-19-9-11-23(12-10-19)33-15-20-13-21-5-1-3-7-24(21)34-16-20/h1-8,13,16,18-19,23,33H,9-12,14-15,17H2,(H2,35,36,37,38)/t19-,23-. The highest BCUT2D eigenvalue weighted by Crippen LogP contribution is 2.29. The van der Waals surface area contributed by atoms with Gasteiger partial charge in [0.1, 0.15) is 11.9 Å². The minimum Gasteiger partial charge on any atom is -0.405 e. The van der Waals surface area contributed by atoms with Gasteiger partial charge in [-0.15, -0.1) is 13.2 Å². The van der Waals surface area contributed by atoms with Crippen molar-refractivity contribution in [2.45, 2.75) is 51.2 Å². The zero-order valence-electron chi connectivity index (χ0n) is 22.6. The monoisotopic (exact) mass is 581 g/mol. The van der Waals surface area contributed by atoms with Crippen molar-refractivity contribution in [1.29, 1.82) is 0 Å². The van der Waals surface area contributed by atoms with Crippen molar-refractivity contribution < 1.29 is 22.8 Å². The van der Waals surface area contributed by atoms with Crippen molar-refractivity contribution in [2.75, 3.05) is 17.2 Å². The minimum absolute atomic E-state index is 0.0426. The molecular formula is C29H30F3N7O3. The smallest absolute Gasteiger partial charge is 0.405 e. The van der Waals surface area contributed by atoms with Crippen molar-refractivity contribution in [3.63, 3.8) is 0 Å². The summed E-state index contributed by atoms with van der Waals surface area (Å²) in [7, 11) is 0. The third kappa shape index (κ3) is 7.81. The highest BCUT2D eigenvalue weighted by molar-refractivity contribution is 5.78. The van der Waals surface area contributed by atoms with Crippen LogP contribution in [0.1, 0.15) is 36.8 Å². The Morgan fingerprint density at radius 2 is 1.71 bits per heavy atom. The number of pyridine rings is 1. The Kier molecular flexibility index (Phi) is 8.96. The van der Waals surface area contributed by atoms with Crippen molar-refractivity contribution in [2.24, 2.45) is 5.92 Å². The van der Waals surface area contributed by atoms with Crippen LogP contribution >= 0.6 is 0 Å². The number of hydrogen-bond acceptors (Lipinski definition) is 9. The molecule has 5 rings (SSSR count). The Balaban J connectivity index is 1.13. The van der Waals surface area contributed by atoms with Gasteiger partial charge in [0.25, 0.3) is 0 Å². The second-order valence-corrected chi connectivity index (χ2v) is 10.2. The van der Waals surface area contributed by atoms with Gasteiger partial charge in [-0.2, -0.15) is 4.98 Å². The normalized spacial score (nSPS) is 17.1. The molecule has 1 saturated carbocycles. The van der Waals surface area contributed by atoms with Gasteiger partial charge in [0.2, 0.25) is 11.8 Å². The number of aromatic nitrogens is 3. The molecule has 2 aromatic heterocycles. The highest BCUT2D eigenvalue weighted by atomic mass is 19.4. The van der Waals surface area contributed by atoms with Gasteiger partial charge in [0, 0.05) is 42.8 Å². The average molecular weight is 582 g/mol. The molecule has 2 aromatic carbocycles. The number of nitrogens with one attached hydrogen (secondary N) is 3. The van der Waals surface area contributed by atoms with Crippen LogP contribution in [-0.4, -0.2) is 38.8 Å². The number of para-hydroxylation sites is 2. The number of halogens is 3. The summed E-state index contributed by atoms with van der Waals surface area (Å²) in [5, 5.41) is 22.2. The van der Waals surface area contributed by atoms with Crippen LogP contribution in [0.4, 0.5) is 30.6 Å². The van der Waals surface area contributed by atoms with Gasteiger partial charge < -0.3 is 20.7 Å². The maximum Gasteiger partial charge on any atom is 0.573 e. The number of ether oxygens (including phenoxy) is 1. The number of anilines is 2. The fourth-order valence-electron chi connectivity index (χ4n) is 5.06. The number of nitro groups is 1. The van der Waals surface area contributed by atoms with E-state index in [9.17, 15) is 23.3 Å². The number of fused-ring (bicyclic) bond motifs is 1. The lowest BCUT2D eigenvalue weighted by atomic mass is 9.86. The van der Waals surface area contributed by atoms with E-state index >= 15 is 0 Å². The molecule has 1 aliphatic rings. The number of rotatable bonds is 11. The third-order valence-corrected chi connectivity index (χ3v) is 7.25. The molecule has 42 heavy (non-hydrogen) atoms. The van der Waals surface area contributed by atoms with E-state index in [1.165, 1.54) is 18.2 Å². The molecule has 0 amide bonds. The van der Waals surface area contributed by atoms with Crippen molar-refractivity contribution in [1.82, 2.24) is 20.3 Å². The van der Waals surface area contributed by atoms with Crippen LogP contribution in [-0.2, 0) is 13.1 Å². The summed E-state index contributed by atoms with van der Waals surface area (Å²) in [5.41, 5.74) is 2.06. The van der Waals surface area contributed by atoms with Crippen LogP contribution in [0.15, 0.2) is 67.0 Å². The zero-order valence-corrected chi connectivity index (χ0v) is 22.6. The van der Waals surface area contributed by atoms with Crippen LogP contribution < -0.4 is 20.7 Å². The summed E-state index contributed by atoms with van der Waals surface area (Å²) in [6.45, 7) is 1.16. The summed E-state index contributed by atoms with van der Waals surface area (Å²) in [5.74, 6) is 0.0573. The quantitative estimate of drug-likeness (QED) is 0.140. The molecule has 0 radical (unpaired) electrons. The van der Waals surface area contributed by atoms with E-state index in [-0.39, 0.29) is 35.3 Å². The molecule has 220 valence electrons. The highest BCUT2D eigenvalue weighted by Gasteiger charge is 2.32. The van der Waals surface area contributed by atoms with Gasteiger partial charge in [-0.25, -0.2) is 4.98 Å². The molecule has 0 bridgehead atoms. The molecule has 13 heteroatoms. The van der Waals surface area contributed by atoms with E-state index in [0.29, 0.717) is 18.5 Å². The molecule has 3 N–H and O–H groups in total. The van der Waals surface area contributed by atoms with Crippen molar-refractivity contribution in [3.05, 3.63) is 88.2 Å². The first-order chi connectivity index (χ1) is 20.2. The Labute approximate surface area is 239 Å². The number of hydrogen-bond donors (Lipinski definition) is 3. The molecule has 0 spiro atoms. The molecule has 1 fully saturated rings. The lowest BCUT2D eigenvalue weighted by molar-refractivity contribution is -0.384. The molecule has 0 saturated heterocycles. The molecule has 1 aliphatic carbocycles. The van der Waals surface area contributed by atoms with Gasteiger partial charge >= 0.3 is 12.0 Å². The van der Waals surface area contributed by atoms with Gasteiger partial charge in [-0.1, -0.05) is 36.4 Å². The average Bonchev–Trinajstić information content (AvgIpc) is 2.98. The molecule has 10 nitrogen and oxygen atoms in total. The van der Waals surface area contributed by atoms with Crippen molar-refractivity contribution >= 4 is 28.4 Å². The summed E-state index contributed by atoms with van der Waals surface area (Å²) in [6.07, 6.45) is 2.00. The summed E-state index contributed by atoms with van der Waals surface area (Å²) < 4.78 is 42.3. The van der Waals surface area contributed by atoms with E-state index in [1.54, 1.807) is 6.07 Å². The van der Waals surface area contributed by atoms with Gasteiger partial charge in [-0.3, -0.25) is 15.1 Å². The van der Waals surface area contributed by atoms with Crippen LogP contribution in [0, 0.1) is 16.0 Å². The second-order valence-electron chi connectivity index (χ2n) is 10.2. The van der Waals surface area contributed by atoms with Crippen molar-refractivity contribution in [3.8, 4) is 5.75 Å². The largest absolute Gasteiger partial charge is 0.573 e. The summed E-state index contributed by atoms with van der Waals surface area (Å²) >= 11 is 0.